The fourth-order valence-corrected chi connectivity index (χ4v) is 1.38. The van der Waals surface area contributed by atoms with Gasteiger partial charge in [-0.1, -0.05) is 20.3 Å². The second kappa shape index (κ2) is 18.9. The van der Waals surface area contributed by atoms with E-state index in [0.717, 1.165) is 12.8 Å². The van der Waals surface area contributed by atoms with Crippen molar-refractivity contribution >= 4 is 23.9 Å². The summed E-state index contributed by atoms with van der Waals surface area (Å²) in [6, 6.07) is -2.60. The molecular weight excluding hydrogens is 388 g/mol. The van der Waals surface area contributed by atoms with Crippen molar-refractivity contribution in [3.8, 4) is 0 Å². The van der Waals surface area contributed by atoms with Gasteiger partial charge in [0.25, 0.3) is 0 Å². The number of hydrogen-bond donors (Lipinski definition) is 9. The number of rotatable bonds is 11. The Labute approximate surface area is 169 Å². The molecule has 0 aromatic heterocycles. The minimum absolute atomic E-state index is 0.0579. The largest absolute Gasteiger partial charge is 0.480 e. The Morgan fingerprint density at radius 2 is 1.38 bits per heavy atom. The van der Waals surface area contributed by atoms with Crippen LogP contribution in [0.3, 0.4) is 0 Å². The molecule has 0 aliphatic heterocycles. The molecule has 0 amide bonds. The second-order valence-corrected chi connectivity index (χ2v) is 6.12. The Morgan fingerprint density at radius 1 is 0.897 bits per heavy atom. The monoisotopic (exact) mass is 424 g/mol. The third-order valence-electron chi connectivity index (χ3n) is 3.59. The smallest absolute Gasteiger partial charge is 0.322 e. The molecule has 0 fully saturated rings. The molecular formula is C16H36N6O7. The number of nitrogens with two attached hydrogens (primary N) is 5. The Kier molecular flexibility index (Phi) is 20.3. The minimum atomic E-state index is -1.18. The fourth-order valence-electron chi connectivity index (χ4n) is 1.38. The van der Waals surface area contributed by atoms with E-state index >= 15 is 0 Å². The van der Waals surface area contributed by atoms with E-state index in [0.29, 0.717) is 19.4 Å². The lowest BCUT2D eigenvalue weighted by molar-refractivity contribution is -0.140. The van der Waals surface area contributed by atoms with Crippen molar-refractivity contribution in [2.24, 2.45) is 39.6 Å². The van der Waals surface area contributed by atoms with Gasteiger partial charge in [-0.05, 0) is 25.2 Å². The fraction of sp³-hybridized carbons (Fsp3) is 0.750. The highest BCUT2D eigenvalue weighted by atomic mass is 16.4. The summed E-state index contributed by atoms with van der Waals surface area (Å²) in [5.41, 5.74) is 25.5. The molecule has 4 atom stereocenters. The van der Waals surface area contributed by atoms with Crippen LogP contribution in [0.25, 0.3) is 0 Å². The molecule has 0 aliphatic rings. The van der Waals surface area contributed by atoms with Gasteiger partial charge in [0.15, 0.2) is 5.96 Å². The maximum atomic E-state index is 10.3. The number of unbranched alkanes of at least 4 members (excludes halogenated alkanes) is 1. The van der Waals surface area contributed by atoms with Crippen LogP contribution in [-0.4, -0.2) is 75.6 Å². The Hall–Kier alpha value is -2.48. The number of carbonyl (C=O) groups is 3. The lowest BCUT2D eigenvalue weighted by Crippen LogP contribution is -2.36. The minimum Gasteiger partial charge on any atom is -0.480 e. The van der Waals surface area contributed by atoms with Crippen LogP contribution in [0.5, 0.6) is 0 Å². The lowest BCUT2D eigenvalue weighted by atomic mass is 10.0. The molecule has 0 unspecified atom stereocenters. The number of aliphatic hydroxyl groups excluding tert-OH is 1. The first-order valence-corrected chi connectivity index (χ1v) is 8.93. The SMILES string of the molecule is CC[C@@H](C)[C@@H](N)C(=O)O.NC(N)=NCCCC[C@@H](N)C(=O)O.N[C@H](CO)C(=O)O. The van der Waals surface area contributed by atoms with E-state index < -0.39 is 42.6 Å². The molecule has 172 valence electrons. The Balaban J connectivity index is -0.000000370. The number of guanidine groups is 1. The number of aliphatic carboxylic acids is 3. The van der Waals surface area contributed by atoms with Crippen LogP contribution in [0.1, 0.15) is 39.5 Å². The van der Waals surface area contributed by atoms with Crippen molar-refractivity contribution in [3.05, 3.63) is 0 Å². The number of aliphatic hydroxyl groups is 1. The molecule has 13 nitrogen and oxygen atoms in total. The zero-order chi connectivity index (χ0) is 23.6. The van der Waals surface area contributed by atoms with Gasteiger partial charge in [-0.15, -0.1) is 0 Å². The van der Waals surface area contributed by atoms with Gasteiger partial charge in [0.2, 0.25) is 0 Å². The normalized spacial score (nSPS) is 13.9. The molecule has 0 radical (unpaired) electrons. The van der Waals surface area contributed by atoms with Gasteiger partial charge in [0.1, 0.15) is 18.1 Å². The Bertz CT molecular complexity index is 500. The molecule has 0 aromatic carbocycles. The summed E-state index contributed by atoms with van der Waals surface area (Å²) in [6.45, 7) is 3.77. The van der Waals surface area contributed by atoms with Gasteiger partial charge < -0.3 is 49.1 Å². The average Bonchev–Trinajstić information content (AvgIpc) is 2.65. The summed E-state index contributed by atoms with van der Waals surface area (Å²) in [6.07, 6.45) is 2.73. The van der Waals surface area contributed by atoms with Gasteiger partial charge in [-0.25, -0.2) is 0 Å². The molecule has 29 heavy (non-hydrogen) atoms. The number of nitrogens with zero attached hydrogens (tertiary/aromatic N) is 1. The predicted octanol–water partition coefficient (Wildman–Crippen LogP) is -2.32. The van der Waals surface area contributed by atoms with E-state index in [1.165, 1.54) is 0 Å². The van der Waals surface area contributed by atoms with Crippen LogP contribution in [0, 0.1) is 5.92 Å². The number of hydrogen-bond acceptors (Lipinski definition) is 8. The molecule has 0 saturated heterocycles. The molecule has 0 saturated carbocycles. The summed E-state index contributed by atoms with van der Waals surface area (Å²) in [4.78, 5) is 33.8. The van der Waals surface area contributed by atoms with Crippen LogP contribution < -0.4 is 28.7 Å². The van der Waals surface area contributed by atoms with Gasteiger partial charge >= 0.3 is 17.9 Å². The molecule has 0 bridgehead atoms. The van der Waals surface area contributed by atoms with Gasteiger partial charge in [-0.2, -0.15) is 0 Å². The highest BCUT2D eigenvalue weighted by molar-refractivity contribution is 5.75. The maximum Gasteiger partial charge on any atom is 0.322 e. The van der Waals surface area contributed by atoms with E-state index in [2.05, 4.69) is 4.99 Å². The van der Waals surface area contributed by atoms with Crippen LogP contribution >= 0.6 is 0 Å². The molecule has 0 aliphatic carbocycles. The van der Waals surface area contributed by atoms with E-state index in [1.807, 2.05) is 13.8 Å². The summed E-state index contributed by atoms with van der Waals surface area (Å²) in [5, 5.41) is 32.7. The summed E-state index contributed by atoms with van der Waals surface area (Å²) < 4.78 is 0. The van der Waals surface area contributed by atoms with Crippen LogP contribution in [-0.2, 0) is 14.4 Å². The number of aliphatic imine (C=N–C) groups is 1. The van der Waals surface area contributed by atoms with Crippen molar-refractivity contribution in [2.75, 3.05) is 13.2 Å². The lowest BCUT2D eigenvalue weighted by Gasteiger charge is -2.11. The highest BCUT2D eigenvalue weighted by Crippen LogP contribution is 2.04. The third kappa shape index (κ3) is 21.7. The van der Waals surface area contributed by atoms with Crippen molar-refractivity contribution in [2.45, 2.75) is 57.7 Å². The van der Waals surface area contributed by atoms with Crippen LogP contribution in [0.4, 0.5) is 0 Å². The molecule has 0 aromatic rings. The number of carboxylic acid groups (broad SMARTS) is 3. The zero-order valence-electron chi connectivity index (χ0n) is 16.9. The Morgan fingerprint density at radius 3 is 1.62 bits per heavy atom. The van der Waals surface area contributed by atoms with Crippen LogP contribution in [0.2, 0.25) is 0 Å². The quantitative estimate of drug-likeness (QED) is 0.0959. The van der Waals surface area contributed by atoms with E-state index in [-0.39, 0.29) is 11.9 Å². The zero-order valence-corrected chi connectivity index (χ0v) is 16.9. The van der Waals surface area contributed by atoms with Gasteiger partial charge in [0, 0.05) is 6.54 Å². The predicted molar refractivity (Wildman–Crippen MR) is 108 cm³/mol. The molecule has 0 rings (SSSR count). The molecule has 0 heterocycles. The molecule has 14 N–H and O–H groups in total. The van der Waals surface area contributed by atoms with E-state index in [1.54, 1.807) is 0 Å². The molecule has 0 spiro atoms. The summed E-state index contributed by atoms with van der Waals surface area (Å²) in [5.74, 6) is -2.93. The average molecular weight is 424 g/mol. The highest BCUT2D eigenvalue weighted by Gasteiger charge is 2.17. The van der Waals surface area contributed by atoms with E-state index in [9.17, 15) is 14.4 Å². The third-order valence-corrected chi connectivity index (χ3v) is 3.59. The van der Waals surface area contributed by atoms with Crippen molar-refractivity contribution < 1.29 is 34.8 Å². The topological polar surface area (TPSA) is 275 Å². The van der Waals surface area contributed by atoms with Crippen molar-refractivity contribution in [3.63, 3.8) is 0 Å². The van der Waals surface area contributed by atoms with Gasteiger partial charge in [0.05, 0.1) is 6.61 Å². The first-order chi connectivity index (χ1) is 13.3. The van der Waals surface area contributed by atoms with E-state index in [4.69, 9.17) is 49.1 Å². The van der Waals surface area contributed by atoms with Crippen LogP contribution in [0.15, 0.2) is 4.99 Å². The summed E-state index contributed by atoms with van der Waals surface area (Å²) >= 11 is 0. The maximum absolute atomic E-state index is 10.3. The standard InChI is InChI=1S/C7H16N4O2.C6H13NO2.C3H7NO3/c8-5(6(12)13)3-1-2-4-11-7(9)10;1-3-4(2)5(7)6(8)9;4-2(1-5)3(6)7/h5H,1-4,8H2,(H,12,13)(H4,9,10,11);4-5H,3,7H2,1-2H3,(H,8,9);2,5H,1,4H2,(H,6,7)/t5-;4-,5-;2-/m111/s1. The van der Waals surface area contributed by atoms with Crippen molar-refractivity contribution in [1.82, 2.24) is 0 Å². The first kappa shape index (κ1) is 31.2. The molecule has 13 heteroatoms. The number of carboxylic acids is 3. The second-order valence-electron chi connectivity index (χ2n) is 6.12. The summed E-state index contributed by atoms with van der Waals surface area (Å²) in [7, 11) is 0. The van der Waals surface area contributed by atoms with Crippen molar-refractivity contribution in [1.29, 1.82) is 0 Å². The first-order valence-electron chi connectivity index (χ1n) is 8.93. The van der Waals surface area contributed by atoms with Gasteiger partial charge in [-0.3, -0.25) is 19.4 Å².